The van der Waals surface area contributed by atoms with Gasteiger partial charge in [-0.2, -0.15) is 4.31 Å². The number of hydrogen-bond donors (Lipinski definition) is 0. The van der Waals surface area contributed by atoms with Gasteiger partial charge >= 0.3 is 0 Å². The second kappa shape index (κ2) is 8.42. The van der Waals surface area contributed by atoms with Crippen molar-refractivity contribution in [3.63, 3.8) is 0 Å². The fourth-order valence-corrected chi connectivity index (χ4v) is 4.95. The van der Waals surface area contributed by atoms with Gasteiger partial charge in [-0.05, 0) is 54.3 Å². The number of carbonyl (C=O) groups excluding carboxylic acids is 1. The topological polar surface area (TPSA) is 57.7 Å². The van der Waals surface area contributed by atoms with Crippen molar-refractivity contribution < 1.29 is 13.2 Å². The minimum absolute atomic E-state index is 0.0287. The number of benzene rings is 3. The predicted molar refractivity (Wildman–Crippen MR) is 118 cm³/mol. The van der Waals surface area contributed by atoms with Gasteiger partial charge in [-0.15, -0.1) is 0 Å². The van der Waals surface area contributed by atoms with Crippen molar-refractivity contribution in [2.75, 3.05) is 18.5 Å². The number of aryl methyl sites for hydroxylation is 1. The SMILES string of the molecule is CN(Cc1ccc(C(=O)N2CCCc3ccccc32)cc1)S(=O)(=O)c1ccccc1. The van der Waals surface area contributed by atoms with E-state index in [9.17, 15) is 13.2 Å². The van der Waals surface area contributed by atoms with E-state index in [1.165, 1.54) is 9.87 Å². The average Bonchev–Trinajstić information content (AvgIpc) is 2.79. The van der Waals surface area contributed by atoms with Gasteiger partial charge < -0.3 is 4.90 Å². The molecule has 1 aliphatic heterocycles. The molecule has 0 atom stereocenters. The van der Waals surface area contributed by atoms with Gasteiger partial charge in [0.2, 0.25) is 10.0 Å². The van der Waals surface area contributed by atoms with Crippen LogP contribution < -0.4 is 4.90 Å². The molecule has 0 unspecified atom stereocenters. The molecule has 3 aromatic rings. The van der Waals surface area contributed by atoms with Crippen LogP contribution in [0.4, 0.5) is 5.69 Å². The Morgan fingerprint density at radius 3 is 2.33 bits per heavy atom. The number of anilines is 1. The fraction of sp³-hybridized carbons (Fsp3) is 0.208. The van der Waals surface area contributed by atoms with Gasteiger partial charge in [0.1, 0.15) is 0 Å². The van der Waals surface area contributed by atoms with E-state index in [1.807, 2.05) is 35.2 Å². The summed E-state index contributed by atoms with van der Waals surface area (Å²) in [6.07, 6.45) is 1.93. The smallest absolute Gasteiger partial charge is 0.258 e. The van der Waals surface area contributed by atoms with Crippen molar-refractivity contribution in [2.45, 2.75) is 24.3 Å². The third kappa shape index (κ3) is 4.01. The fourth-order valence-electron chi connectivity index (χ4n) is 3.77. The third-order valence-corrected chi connectivity index (χ3v) is 7.23. The first kappa shape index (κ1) is 20.3. The van der Waals surface area contributed by atoms with Crippen LogP contribution in [0.5, 0.6) is 0 Å². The summed E-state index contributed by atoms with van der Waals surface area (Å²) in [4.78, 5) is 15.2. The lowest BCUT2D eigenvalue weighted by Crippen LogP contribution is -2.35. The van der Waals surface area contributed by atoms with Crippen LogP contribution >= 0.6 is 0 Å². The van der Waals surface area contributed by atoms with Crippen molar-refractivity contribution in [3.05, 3.63) is 95.6 Å². The maximum absolute atomic E-state index is 13.1. The number of rotatable bonds is 5. The van der Waals surface area contributed by atoms with Crippen LogP contribution in [0.1, 0.15) is 27.9 Å². The van der Waals surface area contributed by atoms with Crippen LogP contribution in [0.3, 0.4) is 0 Å². The summed E-state index contributed by atoms with van der Waals surface area (Å²) in [5.74, 6) is -0.0287. The molecule has 1 heterocycles. The van der Waals surface area contributed by atoms with E-state index in [-0.39, 0.29) is 17.3 Å². The molecule has 1 aliphatic rings. The summed E-state index contributed by atoms with van der Waals surface area (Å²) in [5, 5.41) is 0. The van der Waals surface area contributed by atoms with Gasteiger partial charge in [0.25, 0.3) is 5.91 Å². The maximum Gasteiger partial charge on any atom is 0.258 e. The molecule has 0 aromatic heterocycles. The van der Waals surface area contributed by atoms with E-state index in [2.05, 4.69) is 6.07 Å². The Labute approximate surface area is 177 Å². The van der Waals surface area contributed by atoms with Crippen molar-refractivity contribution in [3.8, 4) is 0 Å². The van der Waals surface area contributed by atoms with E-state index in [0.29, 0.717) is 12.1 Å². The highest BCUT2D eigenvalue weighted by Crippen LogP contribution is 2.28. The molecule has 5 nitrogen and oxygen atoms in total. The maximum atomic E-state index is 13.1. The molecule has 30 heavy (non-hydrogen) atoms. The van der Waals surface area contributed by atoms with Crippen LogP contribution in [0.25, 0.3) is 0 Å². The van der Waals surface area contributed by atoms with Gasteiger partial charge in [0, 0.05) is 31.4 Å². The van der Waals surface area contributed by atoms with Crippen LogP contribution in [0.2, 0.25) is 0 Å². The van der Waals surface area contributed by atoms with Crippen molar-refractivity contribution in [2.24, 2.45) is 0 Å². The summed E-state index contributed by atoms with van der Waals surface area (Å²) in [6.45, 7) is 0.938. The number of fused-ring (bicyclic) bond motifs is 1. The minimum atomic E-state index is -3.56. The summed E-state index contributed by atoms with van der Waals surface area (Å²) in [6, 6.07) is 23.6. The molecule has 0 spiro atoms. The van der Waals surface area contributed by atoms with Gasteiger partial charge in [0.15, 0.2) is 0 Å². The molecule has 4 rings (SSSR count). The predicted octanol–water partition coefficient (Wildman–Crippen LogP) is 4.10. The molecule has 0 saturated carbocycles. The van der Waals surface area contributed by atoms with Crippen molar-refractivity contribution in [1.82, 2.24) is 4.31 Å². The van der Waals surface area contributed by atoms with E-state index in [0.717, 1.165) is 24.1 Å². The van der Waals surface area contributed by atoms with Gasteiger partial charge in [-0.1, -0.05) is 48.5 Å². The molecule has 6 heteroatoms. The van der Waals surface area contributed by atoms with Crippen molar-refractivity contribution in [1.29, 1.82) is 0 Å². The molecule has 3 aromatic carbocycles. The Balaban J connectivity index is 1.49. The standard InChI is InChI=1S/C24H24N2O3S/c1-25(30(28,29)22-10-3-2-4-11-22)18-19-13-15-21(16-14-19)24(27)26-17-7-9-20-8-5-6-12-23(20)26/h2-6,8,10-16H,7,9,17-18H2,1H3. The highest BCUT2D eigenvalue weighted by atomic mass is 32.2. The summed E-state index contributed by atoms with van der Waals surface area (Å²) >= 11 is 0. The molecule has 0 radical (unpaired) electrons. The first-order valence-electron chi connectivity index (χ1n) is 9.97. The molecular formula is C24H24N2O3S. The highest BCUT2D eigenvalue weighted by Gasteiger charge is 2.24. The Morgan fingerprint density at radius 1 is 0.933 bits per heavy atom. The van der Waals surface area contributed by atoms with Gasteiger partial charge in [-0.3, -0.25) is 4.79 Å². The molecule has 0 bridgehead atoms. The van der Waals surface area contributed by atoms with Crippen LogP contribution in [-0.2, 0) is 23.0 Å². The molecule has 0 fully saturated rings. The highest BCUT2D eigenvalue weighted by molar-refractivity contribution is 7.89. The number of nitrogens with zero attached hydrogens (tertiary/aromatic N) is 2. The zero-order valence-electron chi connectivity index (χ0n) is 16.9. The Morgan fingerprint density at radius 2 is 1.60 bits per heavy atom. The van der Waals surface area contributed by atoms with Crippen molar-refractivity contribution >= 4 is 21.6 Å². The number of amides is 1. The zero-order valence-corrected chi connectivity index (χ0v) is 17.7. The van der Waals surface area contributed by atoms with E-state index in [4.69, 9.17) is 0 Å². The lowest BCUT2D eigenvalue weighted by molar-refractivity contribution is 0.0985. The lowest BCUT2D eigenvalue weighted by Gasteiger charge is -2.29. The molecule has 0 N–H and O–H groups in total. The summed E-state index contributed by atoms with van der Waals surface area (Å²) in [5.41, 5.74) is 3.60. The van der Waals surface area contributed by atoms with Crippen LogP contribution in [0, 0.1) is 0 Å². The van der Waals surface area contributed by atoms with E-state index >= 15 is 0 Å². The molecular weight excluding hydrogens is 396 g/mol. The molecule has 0 saturated heterocycles. The Bertz CT molecular complexity index is 1140. The Hall–Kier alpha value is -2.96. The first-order chi connectivity index (χ1) is 14.5. The van der Waals surface area contributed by atoms with Gasteiger partial charge in [0.05, 0.1) is 4.90 Å². The number of sulfonamides is 1. The second-order valence-corrected chi connectivity index (χ2v) is 9.50. The van der Waals surface area contributed by atoms with E-state index < -0.39 is 10.0 Å². The van der Waals surface area contributed by atoms with Crippen LogP contribution in [0.15, 0.2) is 83.8 Å². The van der Waals surface area contributed by atoms with Gasteiger partial charge in [-0.25, -0.2) is 8.42 Å². The number of para-hydroxylation sites is 1. The quantitative estimate of drug-likeness (QED) is 0.624. The summed E-state index contributed by atoms with van der Waals surface area (Å²) < 4.78 is 26.7. The number of hydrogen-bond acceptors (Lipinski definition) is 3. The molecule has 0 aliphatic carbocycles. The normalized spacial score (nSPS) is 13.9. The van der Waals surface area contributed by atoms with E-state index in [1.54, 1.807) is 49.5 Å². The second-order valence-electron chi connectivity index (χ2n) is 7.46. The first-order valence-corrected chi connectivity index (χ1v) is 11.4. The largest absolute Gasteiger partial charge is 0.308 e. The minimum Gasteiger partial charge on any atom is -0.308 e. The van der Waals surface area contributed by atoms with Crippen LogP contribution in [-0.4, -0.2) is 32.2 Å². The molecule has 1 amide bonds. The zero-order chi connectivity index (χ0) is 21.1. The Kier molecular flexibility index (Phi) is 5.70. The third-order valence-electron chi connectivity index (χ3n) is 5.41. The monoisotopic (exact) mass is 420 g/mol. The number of carbonyl (C=O) groups is 1. The lowest BCUT2D eigenvalue weighted by atomic mass is 10.0. The molecule has 154 valence electrons. The average molecular weight is 421 g/mol. The summed E-state index contributed by atoms with van der Waals surface area (Å²) in [7, 11) is -1.99.